The fourth-order valence-corrected chi connectivity index (χ4v) is 2.31. The molecule has 0 amide bonds. The number of ether oxygens (including phenoxy) is 1. The normalized spacial score (nSPS) is 24.7. The number of hydrogen-bond acceptors (Lipinski definition) is 2. The summed E-state index contributed by atoms with van der Waals surface area (Å²) in [4.78, 5) is 12.3. The lowest BCUT2D eigenvalue weighted by atomic mass is 9.92. The van der Waals surface area contributed by atoms with Crippen molar-refractivity contribution in [1.29, 1.82) is 0 Å². The molecule has 0 radical (unpaired) electrons. The molecule has 4 heteroatoms. The molecule has 86 valence electrons. The highest BCUT2D eigenvalue weighted by Crippen LogP contribution is 2.33. The molecule has 0 bridgehead atoms. The van der Waals surface area contributed by atoms with E-state index in [-0.39, 0.29) is 5.78 Å². The number of benzene rings is 1. The van der Waals surface area contributed by atoms with Crippen LogP contribution < -0.4 is 0 Å². The lowest BCUT2D eigenvalue weighted by Gasteiger charge is -2.22. The van der Waals surface area contributed by atoms with Crippen LogP contribution in [0.5, 0.6) is 0 Å². The van der Waals surface area contributed by atoms with Crippen LogP contribution in [0.15, 0.2) is 18.2 Å². The van der Waals surface area contributed by atoms with E-state index in [0.717, 1.165) is 12.8 Å². The summed E-state index contributed by atoms with van der Waals surface area (Å²) in [6.45, 7) is 2.43. The summed E-state index contributed by atoms with van der Waals surface area (Å²) in [6.07, 6.45) is 1.63. The minimum absolute atomic E-state index is 0.0856. The monoisotopic (exact) mass is 258 g/mol. The van der Waals surface area contributed by atoms with Crippen molar-refractivity contribution in [3.8, 4) is 0 Å². The average molecular weight is 259 g/mol. The Bertz CT molecular complexity index is 423. The van der Waals surface area contributed by atoms with Crippen LogP contribution in [0.4, 0.5) is 0 Å². The number of Topliss-reactive ketones (excluding diaryl/α,β-unsaturated/α-hetero) is 1. The molecule has 1 saturated heterocycles. The van der Waals surface area contributed by atoms with Gasteiger partial charge in [-0.2, -0.15) is 0 Å². The second-order valence-electron chi connectivity index (χ2n) is 4.11. The Balaban J connectivity index is 2.37. The Hall–Kier alpha value is -0.570. The van der Waals surface area contributed by atoms with Gasteiger partial charge in [-0.25, -0.2) is 0 Å². The van der Waals surface area contributed by atoms with Gasteiger partial charge in [0.1, 0.15) is 5.60 Å². The van der Waals surface area contributed by atoms with E-state index in [9.17, 15) is 4.79 Å². The fraction of sp³-hybridized carbons (Fsp3) is 0.417. The summed E-state index contributed by atoms with van der Waals surface area (Å²) in [5, 5.41) is 0.708. The molecule has 1 aromatic rings. The molecule has 16 heavy (non-hydrogen) atoms. The topological polar surface area (TPSA) is 26.3 Å². The van der Waals surface area contributed by atoms with E-state index < -0.39 is 5.60 Å². The Morgan fingerprint density at radius 2 is 2.19 bits per heavy atom. The minimum Gasteiger partial charge on any atom is -0.367 e. The average Bonchev–Trinajstić information content (AvgIpc) is 2.70. The van der Waals surface area contributed by atoms with Gasteiger partial charge in [-0.05, 0) is 31.9 Å². The quantitative estimate of drug-likeness (QED) is 0.756. The standard InChI is InChI=1S/C12H12Cl2O2/c1-12(6-3-7-16-12)11(15)8-4-2-5-9(13)10(8)14/h2,4-5H,3,6-7H2,1H3. The predicted molar refractivity (Wildman–Crippen MR) is 64.4 cm³/mol. The van der Waals surface area contributed by atoms with Crippen molar-refractivity contribution >= 4 is 29.0 Å². The number of halogens is 2. The highest BCUT2D eigenvalue weighted by atomic mass is 35.5. The van der Waals surface area contributed by atoms with E-state index in [1.54, 1.807) is 25.1 Å². The van der Waals surface area contributed by atoms with Crippen molar-refractivity contribution in [3.05, 3.63) is 33.8 Å². The van der Waals surface area contributed by atoms with Crippen LogP contribution in [-0.4, -0.2) is 18.0 Å². The van der Waals surface area contributed by atoms with E-state index in [1.165, 1.54) is 0 Å². The molecule has 0 aliphatic carbocycles. The first-order valence-electron chi connectivity index (χ1n) is 5.17. The molecule has 2 nitrogen and oxygen atoms in total. The SMILES string of the molecule is CC1(C(=O)c2cccc(Cl)c2Cl)CCCO1. The van der Waals surface area contributed by atoms with Crippen LogP contribution in [0.3, 0.4) is 0 Å². The molecule has 1 aliphatic heterocycles. The molecular formula is C12H12Cl2O2. The zero-order valence-corrected chi connectivity index (χ0v) is 10.4. The van der Waals surface area contributed by atoms with Crippen molar-refractivity contribution < 1.29 is 9.53 Å². The first-order chi connectivity index (χ1) is 7.54. The predicted octanol–water partition coefficient (Wildman–Crippen LogP) is 3.75. The number of rotatable bonds is 2. The summed E-state index contributed by atoms with van der Waals surface area (Å²) >= 11 is 11.9. The van der Waals surface area contributed by atoms with Gasteiger partial charge in [0.2, 0.25) is 0 Å². The van der Waals surface area contributed by atoms with Gasteiger partial charge in [-0.1, -0.05) is 29.3 Å². The third-order valence-electron chi connectivity index (χ3n) is 2.90. The Morgan fingerprint density at radius 1 is 1.44 bits per heavy atom. The molecule has 1 aliphatic rings. The fourth-order valence-electron chi connectivity index (χ4n) is 1.92. The maximum absolute atomic E-state index is 12.3. The van der Waals surface area contributed by atoms with Gasteiger partial charge < -0.3 is 4.74 Å². The lowest BCUT2D eigenvalue weighted by Crippen LogP contribution is -2.34. The van der Waals surface area contributed by atoms with Gasteiger partial charge >= 0.3 is 0 Å². The third-order valence-corrected chi connectivity index (χ3v) is 3.71. The van der Waals surface area contributed by atoms with Crippen molar-refractivity contribution in [3.63, 3.8) is 0 Å². The number of carbonyl (C=O) groups is 1. The van der Waals surface area contributed by atoms with Crippen LogP contribution >= 0.6 is 23.2 Å². The lowest BCUT2D eigenvalue weighted by molar-refractivity contribution is 0.0213. The first-order valence-corrected chi connectivity index (χ1v) is 5.93. The van der Waals surface area contributed by atoms with Crippen molar-refractivity contribution in [2.75, 3.05) is 6.61 Å². The number of hydrogen-bond donors (Lipinski definition) is 0. The third kappa shape index (κ3) is 1.97. The highest BCUT2D eigenvalue weighted by molar-refractivity contribution is 6.44. The van der Waals surface area contributed by atoms with E-state index in [2.05, 4.69) is 0 Å². The second-order valence-corrected chi connectivity index (χ2v) is 4.90. The molecule has 2 rings (SSSR count). The molecule has 1 fully saturated rings. The van der Waals surface area contributed by atoms with Gasteiger partial charge in [0.25, 0.3) is 0 Å². The molecule has 1 unspecified atom stereocenters. The molecule has 1 atom stereocenters. The van der Waals surface area contributed by atoms with Gasteiger partial charge in [0.15, 0.2) is 5.78 Å². The molecule has 1 heterocycles. The molecule has 1 aromatic carbocycles. The van der Waals surface area contributed by atoms with Gasteiger partial charge in [-0.15, -0.1) is 0 Å². The Kier molecular flexibility index (Phi) is 3.24. The molecular weight excluding hydrogens is 247 g/mol. The molecule has 0 aromatic heterocycles. The maximum Gasteiger partial charge on any atom is 0.195 e. The van der Waals surface area contributed by atoms with Crippen LogP contribution in [0.2, 0.25) is 10.0 Å². The first kappa shape index (κ1) is 11.9. The zero-order valence-electron chi connectivity index (χ0n) is 8.93. The summed E-state index contributed by atoms with van der Waals surface area (Å²) in [5.74, 6) is -0.0856. The van der Waals surface area contributed by atoms with E-state index in [0.29, 0.717) is 22.2 Å². The zero-order chi connectivity index (χ0) is 11.8. The van der Waals surface area contributed by atoms with Crippen LogP contribution in [0.1, 0.15) is 30.1 Å². The minimum atomic E-state index is -0.742. The Morgan fingerprint density at radius 3 is 2.81 bits per heavy atom. The Labute approximate surface area is 104 Å². The van der Waals surface area contributed by atoms with Crippen molar-refractivity contribution in [2.45, 2.75) is 25.4 Å². The second kappa shape index (κ2) is 4.36. The van der Waals surface area contributed by atoms with Crippen LogP contribution in [-0.2, 0) is 4.74 Å². The summed E-state index contributed by atoms with van der Waals surface area (Å²) in [5.41, 5.74) is -0.299. The number of ketones is 1. The van der Waals surface area contributed by atoms with Gasteiger partial charge in [-0.3, -0.25) is 4.79 Å². The van der Waals surface area contributed by atoms with Gasteiger partial charge in [0, 0.05) is 12.2 Å². The summed E-state index contributed by atoms with van der Waals surface area (Å²) in [7, 11) is 0. The van der Waals surface area contributed by atoms with Gasteiger partial charge in [0.05, 0.1) is 10.0 Å². The maximum atomic E-state index is 12.3. The van der Waals surface area contributed by atoms with E-state index in [1.807, 2.05) is 0 Å². The van der Waals surface area contributed by atoms with Crippen LogP contribution in [0, 0.1) is 0 Å². The van der Waals surface area contributed by atoms with Crippen molar-refractivity contribution in [1.82, 2.24) is 0 Å². The number of carbonyl (C=O) groups excluding carboxylic acids is 1. The van der Waals surface area contributed by atoms with Crippen LogP contribution in [0.25, 0.3) is 0 Å². The molecule has 0 N–H and O–H groups in total. The summed E-state index contributed by atoms with van der Waals surface area (Å²) in [6, 6.07) is 5.07. The molecule has 0 saturated carbocycles. The highest BCUT2D eigenvalue weighted by Gasteiger charge is 2.39. The summed E-state index contributed by atoms with van der Waals surface area (Å²) < 4.78 is 5.50. The largest absolute Gasteiger partial charge is 0.367 e. The smallest absolute Gasteiger partial charge is 0.195 e. The van der Waals surface area contributed by atoms with Crippen molar-refractivity contribution in [2.24, 2.45) is 0 Å². The molecule has 0 spiro atoms. The van der Waals surface area contributed by atoms with E-state index >= 15 is 0 Å². The van der Waals surface area contributed by atoms with E-state index in [4.69, 9.17) is 27.9 Å².